The van der Waals surface area contributed by atoms with E-state index in [1.54, 1.807) is 12.3 Å². The van der Waals surface area contributed by atoms with Crippen LogP contribution >= 0.6 is 0 Å². The summed E-state index contributed by atoms with van der Waals surface area (Å²) in [4.78, 5) is 17.1. The van der Waals surface area contributed by atoms with Crippen LogP contribution in [0.2, 0.25) is 0 Å². The molecule has 0 aliphatic heterocycles. The number of nitrogens with zero attached hydrogens (tertiary/aromatic N) is 2. The number of carboxylic acid groups (broad SMARTS) is 1. The maximum atomic E-state index is 11.3. The molecule has 0 atom stereocenters. The third-order valence-electron chi connectivity index (χ3n) is 2.98. The third kappa shape index (κ3) is 2.73. The van der Waals surface area contributed by atoms with E-state index in [1.807, 2.05) is 43.0 Å². The molecule has 2 aromatic rings. The van der Waals surface area contributed by atoms with Gasteiger partial charge in [-0.05, 0) is 32.0 Å². The number of pyridine rings is 1. The average Bonchev–Trinajstić information content (AvgIpc) is 2.42. The van der Waals surface area contributed by atoms with Crippen LogP contribution in [-0.2, 0) is 0 Å². The zero-order chi connectivity index (χ0) is 13.8. The van der Waals surface area contributed by atoms with Gasteiger partial charge in [0.15, 0.2) is 0 Å². The minimum Gasteiger partial charge on any atom is -0.478 e. The minimum atomic E-state index is -0.964. The molecule has 0 fully saturated rings. The first kappa shape index (κ1) is 13.1. The Morgan fingerprint density at radius 3 is 2.53 bits per heavy atom. The topological polar surface area (TPSA) is 53.4 Å². The van der Waals surface area contributed by atoms with Crippen LogP contribution in [-0.4, -0.2) is 22.6 Å². The summed E-state index contributed by atoms with van der Waals surface area (Å²) in [6.45, 7) is 4.70. The SMILES string of the molecule is CCN(c1ccc(C)cc1)c1ccncc1C(=O)O. The molecule has 0 aliphatic carbocycles. The van der Waals surface area contributed by atoms with E-state index in [0.29, 0.717) is 12.2 Å². The first-order valence-electron chi connectivity index (χ1n) is 6.15. The van der Waals surface area contributed by atoms with Crippen LogP contribution in [0, 0.1) is 6.92 Å². The molecule has 1 heterocycles. The summed E-state index contributed by atoms with van der Waals surface area (Å²) in [6.07, 6.45) is 2.99. The van der Waals surface area contributed by atoms with Gasteiger partial charge in [-0.2, -0.15) is 0 Å². The van der Waals surface area contributed by atoms with Crippen LogP contribution in [0.3, 0.4) is 0 Å². The van der Waals surface area contributed by atoms with E-state index in [0.717, 1.165) is 5.69 Å². The molecule has 0 aliphatic rings. The zero-order valence-corrected chi connectivity index (χ0v) is 11.0. The Kier molecular flexibility index (Phi) is 3.80. The normalized spacial score (nSPS) is 10.2. The van der Waals surface area contributed by atoms with E-state index in [9.17, 15) is 9.90 Å². The number of benzene rings is 1. The van der Waals surface area contributed by atoms with E-state index in [-0.39, 0.29) is 5.56 Å². The lowest BCUT2D eigenvalue weighted by atomic mass is 10.1. The Bertz CT molecular complexity index is 579. The van der Waals surface area contributed by atoms with Crippen LogP contribution in [0.4, 0.5) is 11.4 Å². The van der Waals surface area contributed by atoms with Gasteiger partial charge in [-0.1, -0.05) is 17.7 Å². The fourth-order valence-corrected chi connectivity index (χ4v) is 2.00. The molecule has 1 aromatic carbocycles. The van der Waals surface area contributed by atoms with Crippen LogP contribution in [0.25, 0.3) is 0 Å². The fourth-order valence-electron chi connectivity index (χ4n) is 2.00. The van der Waals surface area contributed by atoms with E-state index < -0.39 is 5.97 Å². The Labute approximate surface area is 112 Å². The van der Waals surface area contributed by atoms with Crippen molar-refractivity contribution in [2.75, 3.05) is 11.4 Å². The number of carbonyl (C=O) groups is 1. The molecule has 4 nitrogen and oxygen atoms in total. The summed E-state index contributed by atoms with van der Waals surface area (Å²) in [5, 5.41) is 9.23. The van der Waals surface area contributed by atoms with Crippen molar-refractivity contribution in [1.29, 1.82) is 0 Å². The Morgan fingerprint density at radius 2 is 1.95 bits per heavy atom. The first-order valence-corrected chi connectivity index (χ1v) is 6.15. The van der Waals surface area contributed by atoms with Gasteiger partial charge in [0.05, 0.1) is 5.69 Å². The maximum absolute atomic E-state index is 11.3. The van der Waals surface area contributed by atoms with E-state index >= 15 is 0 Å². The van der Waals surface area contributed by atoms with Gasteiger partial charge >= 0.3 is 5.97 Å². The number of anilines is 2. The number of rotatable bonds is 4. The highest BCUT2D eigenvalue weighted by Crippen LogP contribution is 2.28. The van der Waals surface area contributed by atoms with Crippen LogP contribution in [0.15, 0.2) is 42.7 Å². The molecule has 0 saturated heterocycles. The standard InChI is InChI=1S/C15H16N2O2/c1-3-17(12-6-4-11(2)5-7-12)14-8-9-16-10-13(14)15(18)19/h4-10H,3H2,1-2H3,(H,18,19). The molecule has 0 spiro atoms. The third-order valence-corrected chi connectivity index (χ3v) is 2.98. The van der Waals surface area contributed by atoms with E-state index in [2.05, 4.69) is 4.98 Å². The van der Waals surface area contributed by atoms with Crippen molar-refractivity contribution < 1.29 is 9.90 Å². The quantitative estimate of drug-likeness (QED) is 0.912. The van der Waals surface area contributed by atoms with Gasteiger partial charge in [-0.15, -0.1) is 0 Å². The lowest BCUT2D eigenvalue weighted by molar-refractivity contribution is 0.0697. The molecule has 1 N–H and O–H groups in total. The van der Waals surface area contributed by atoms with Gasteiger partial charge < -0.3 is 10.0 Å². The van der Waals surface area contributed by atoms with Crippen LogP contribution in [0.1, 0.15) is 22.8 Å². The number of hydrogen-bond acceptors (Lipinski definition) is 3. The summed E-state index contributed by atoms with van der Waals surface area (Å²) in [7, 11) is 0. The predicted octanol–water partition coefficient (Wildman–Crippen LogP) is 3.25. The van der Waals surface area contributed by atoms with Crippen molar-refractivity contribution in [3.63, 3.8) is 0 Å². The van der Waals surface area contributed by atoms with Gasteiger partial charge in [0, 0.05) is 24.6 Å². The molecule has 2 rings (SSSR count). The van der Waals surface area contributed by atoms with Gasteiger partial charge in [-0.3, -0.25) is 4.98 Å². The molecule has 19 heavy (non-hydrogen) atoms. The van der Waals surface area contributed by atoms with Crippen molar-refractivity contribution in [2.45, 2.75) is 13.8 Å². The highest BCUT2D eigenvalue weighted by Gasteiger charge is 2.16. The van der Waals surface area contributed by atoms with Crippen molar-refractivity contribution in [3.8, 4) is 0 Å². The van der Waals surface area contributed by atoms with Crippen LogP contribution in [0.5, 0.6) is 0 Å². The molecule has 0 radical (unpaired) electrons. The monoisotopic (exact) mass is 256 g/mol. The predicted molar refractivity (Wildman–Crippen MR) is 75.1 cm³/mol. The largest absolute Gasteiger partial charge is 0.478 e. The van der Waals surface area contributed by atoms with Crippen molar-refractivity contribution in [3.05, 3.63) is 53.9 Å². The number of aromatic nitrogens is 1. The molecule has 0 saturated carbocycles. The summed E-state index contributed by atoms with van der Waals surface area (Å²) < 4.78 is 0. The second-order valence-corrected chi connectivity index (χ2v) is 4.28. The number of aromatic carboxylic acids is 1. The van der Waals surface area contributed by atoms with Crippen molar-refractivity contribution in [2.24, 2.45) is 0 Å². The number of aryl methyl sites for hydroxylation is 1. The van der Waals surface area contributed by atoms with Gasteiger partial charge in [0.1, 0.15) is 5.56 Å². The molecule has 98 valence electrons. The van der Waals surface area contributed by atoms with E-state index in [4.69, 9.17) is 0 Å². The number of hydrogen-bond donors (Lipinski definition) is 1. The van der Waals surface area contributed by atoms with Crippen molar-refractivity contribution >= 4 is 17.3 Å². The molecule has 0 unspecified atom stereocenters. The highest BCUT2D eigenvalue weighted by molar-refractivity contribution is 5.95. The number of carboxylic acids is 1. The highest BCUT2D eigenvalue weighted by atomic mass is 16.4. The molecular weight excluding hydrogens is 240 g/mol. The second-order valence-electron chi connectivity index (χ2n) is 4.28. The summed E-state index contributed by atoms with van der Waals surface area (Å²) in [5.74, 6) is -0.964. The summed E-state index contributed by atoms with van der Waals surface area (Å²) >= 11 is 0. The maximum Gasteiger partial charge on any atom is 0.339 e. The smallest absolute Gasteiger partial charge is 0.339 e. The molecule has 4 heteroatoms. The first-order chi connectivity index (χ1) is 9.13. The van der Waals surface area contributed by atoms with Gasteiger partial charge in [0.2, 0.25) is 0 Å². The Hall–Kier alpha value is -2.36. The summed E-state index contributed by atoms with van der Waals surface area (Å²) in [5.41, 5.74) is 3.02. The fraction of sp³-hybridized carbons (Fsp3) is 0.200. The second kappa shape index (κ2) is 5.52. The minimum absolute atomic E-state index is 0.213. The van der Waals surface area contributed by atoms with Crippen molar-refractivity contribution in [1.82, 2.24) is 4.98 Å². The van der Waals surface area contributed by atoms with E-state index in [1.165, 1.54) is 11.8 Å². The molecule has 0 bridgehead atoms. The Morgan fingerprint density at radius 1 is 1.26 bits per heavy atom. The summed E-state index contributed by atoms with van der Waals surface area (Å²) in [6, 6.07) is 9.74. The molecule has 0 amide bonds. The Balaban J connectivity index is 2.48. The van der Waals surface area contributed by atoms with Crippen LogP contribution < -0.4 is 4.90 Å². The van der Waals surface area contributed by atoms with Gasteiger partial charge in [0.25, 0.3) is 0 Å². The lowest BCUT2D eigenvalue weighted by Crippen LogP contribution is -2.19. The molecule has 1 aromatic heterocycles. The molecular formula is C15H16N2O2. The average molecular weight is 256 g/mol. The zero-order valence-electron chi connectivity index (χ0n) is 11.0. The van der Waals surface area contributed by atoms with Gasteiger partial charge in [-0.25, -0.2) is 4.79 Å². The lowest BCUT2D eigenvalue weighted by Gasteiger charge is -2.24.